The molecule has 1 amide bonds. The van der Waals surface area contributed by atoms with Gasteiger partial charge in [-0.2, -0.15) is 0 Å². The molecule has 0 spiro atoms. The molecule has 7 heteroatoms. The minimum atomic E-state index is 0. The molecule has 5 nitrogen and oxygen atoms in total. The number of carbonyl (C=O) groups is 1. The Bertz CT molecular complexity index is 650. The van der Waals surface area contributed by atoms with Crippen LogP contribution in [0.3, 0.4) is 0 Å². The highest BCUT2D eigenvalue weighted by atomic mass is 35.5. The molecular formula is C14H18Cl2N4O. The van der Waals surface area contributed by atoms with Crippen LogP contribution < -0.4 is 10.6 Å². The number of carbonyl (C=O) groups excluding carboxylic acids is 1. The fourth-order valence-corrected chi connectivity index (χ4v) is 2.75. The minimum Gasteiger partial charge on any atom is -0.317 e. The molecule has 1 aliphatic heterocycles. The third-order valence-electron chi connectivity index (χ3n) is 3.79. The van der Waals surface area contributed by atoms with Gasteiger partial charge in [0.25, 0.3) is 0 Å². The molecule has 1 saturated heterocycles. The van der Waals surface area contributed by atoms with Crippen molar-refractivity contribution in [2.24, 2.45) is 13.0 Å². The van der Waals surface area contributed by atoms with Gasteiger partial charge < -0.3 is 9.88 Å². The Balaban J connectivity index is 0.00000161. The second kappa shape index (κ2) is 6.64. The zero-order chi connectivity index (χ0) is 14.1. The number of fused-ring (bicyclic) bond motifs is 1. The molecule has 1 fully saturated rings. The number of imidazole rings is 1. The maximum Gasteiger partial charge on any atom is 0.229 e. The van der Waals surface area contributed by atoms with Gasteiger partial charge in [0.1, 0.15) is 0 Å². The summed E-state index contributed by atoms with van der Waals surface area (Å²) in [6, 6.07) is 5.53. The van der Waals surface area contributed by atoms with Crippen molar-refractivity contribution in [1.29, 1.82) is 0 Å². The second-order valence-corrected chi connectivity index (χ2v) is 5.58. The number of piperidine rings is 1. The van der Waals surface area contributed by atoms with Crippen molar-refractivity contribution in [2.75, 3.05) is 18.4 Å². The van der Waals surface area contributed by atoms with Gasteiger partial charge in [-0.05, 0) is 44.1 Å². The zero-order valence-electron chi connectivity index (χ0n) is 11.7. The van der Waals surface area contributed by atoms with E-state index in [1.807, 2.05) is 23.7 Å². The van der Waals surface area contributed by atoms with Crippen LogP contribution in [0.2, 0.25) is 5.02 Å². The predicted molar refractivity (Wildman–Crippen MR) is 87.2 cm³/mol. The van der Waals surface area contributed by atoms with Crippen LogP contribution >= 0.6 is 24.0 Å². The zero-order valence-corrected chi connectivity index (χ0v) is 13.3. The Morgan fingerprint density at radius 3 is 2.86 bits per heavy atom. The van der Waals surface area contributed by atoms with E-state index in [1.165, 1.54) is 0 Å². The van der Waals surface area contributed by atoms with E-state index in [0.29, 0.717) is 11.0 Å². The molecule has 0 saturated carbocycles. The topological polar surface area (TPSA) is 59.0 Å². The Labute approximate surface area is 134 Å². The van der Waals surface area contributed by atoms with E-state index in [1.54, 1.807) is 6.07 Å². The number of hydrogen-bond donors (Lipinski definition) is 2. The van der Waals surface area contributed by atoms with Crippen molar-refractivity contribution in [3.05, 3.63) is 23.2 Å². The number of anilines is 1. The largest absolute Gasteiger partial charge is 0.317 e. The van der Waals surface area contributed by atoms with Crippen molar-refractivity contribution in [1.82, 2.24) is 14.9 Å². The average Bonchev–Trinajstić information content (AvgIpc) is 2.75. The summed E-state index contributed by atoms with van der Waals surface area (Å²) in [5, 5.41) is 6.83. The minimum absolute atomic E-state index is 0. The van der Waals surface area contributed by atoms with Crippen molar-refractivity contribution in [3.63, 3.8) is 0 Å². The Kier molecular flexibility index (Phi) is 5.08. The number of aryl methyl sites for hydroxylation is 1. The summed E-state index contributed by atoms with van der Waals surface area (Å²) >= 11 is 5.96. The number of halogens is 2. The number of amides is 1. The molecular weight excluding hydrogens is 311 g/mol. The van der Waals surface area contributed by atoms with E-state index in [-0.39, 0.29) is 24.2 Å². The Morgan fingerprint density at radius 1 is 1.43 bits per heavy atom. The number of hydrogen-bond acceptors (Lipinski definition) is 3. The van der Waals surface area contributed by atoms with Crippen molar-refractivity contribution >= 4 is 46.9 Å². The molecule has 2 aromatic rings. The number of nitrogens with zero attached hydrogens (tertiary/aromatic N) is 2. The molecule has 0 bridgehead atoms. The van der Waals surface area contributed by atoms with Crippen molar-refractivity contribution in [3.8, 4) is 0 Å². The van der Waals surface area contributed by atoms with E-state index in [9.17, 15) is 4.79 Å². The van der Waals surface area contributed by atoms with Crippen LogP contribution in [0.1, 0.15) is 12.8 Å². The molecule has 0 atom stereocenters. The van der Waals surface area contributed by atoms with Crippen LogP contribution in [0.15, 0.2) is 18.2 Å². The van der Waals surface area contributed by atoms with E-state index in [0.717, 1.165) is 37.0 Å². The number of aromatic nitrogens is 2. The average molecular weight is 329 g/mol. The molecule has 2 heterocycles. The summed E-state index contributed by atoms with van der Waals surface area (Å²) in [7, 11) is 1.89. The first-order valence-corrected chi connectivity index (χ1v) is 7.16. The lowest BCUT2D eigenvalue weighted by Crippen LogP contribution is -2.35. The van der Waals surface area contributed by atoms with Gasteiger partial charge in [0.05, 0.1) is 11.0 Å². The van der Waals surface area contributed by atoms with Crippen molar-refractivity contribution in [2.45, 2.75) is 12.8 Å². The predicted octanol–water partition coefficient (Wildman–Crippen LogP) is 2.59. The number of nitrogens with one attached hydrogen (secondary N) is 2. The molecule has 1 aliphatic rings. The lowest BCUT2D eigenvalue weighted by molar-refractivity contribution is -0.120. The van der Waals surface area contributed by atoms with Crippen LogP contribution in [0.25, 0.3) is 11.0 Å². The van der Waals surface area contributed by atoms with Crippen LogP contribution in [0, 0.1) is 5.92 Å². The van der Waals surface area contributed by atoms with Gasteiger partial charge in [0, 0.05) is 18.0 Å². The summed E-state index contributed by atoms with van der Waals surface area (Å²) in [6.07, 6.45) is 1.75. The standard InChI is InChI=1S/C14H17ClN4O.ClH/c1-19-12-3-2-10(15)8-11(12)17-14(19)18-13(20)9-4-6-16-7-5-9;/h2-3,8-9,16H,4-7H2,1H3,(H,17,18,20);1H. The van der Waals surface area contributed by atoms with Crippen molar-refractivity contribution < 1.29 is 4.79 Å². The molecule has 0 aliphatic carbocycles. The summed E-state index contributed by atoms with van der Waals surface area (Å²) in [5.41, 5.74) is 1.75. The molecule has 21 heavy (non-hydrogen) atoms. The van der Waals surface area contributed by atoms with Crippen LogP contribution in [-0.2, 0) is 11.8 Å². The van der Waals surface area contributed by atoms with Gasteiger partial charge in [-0.25, -0.2) is 4.98 Å². The molecule has 114 valence electrons. The third-order valence-corrected chi connectivity index (χ3v) is 4.02. The van der Waals surface area contributed by atoms with E-state index in [2.05, 4.69) is 15.6 Å². The molecule has 0 radical (unpaired) electrons. The summed E-state index contributed by atoms with van der Waals surface area (Å²) < 4.78 is 1.88. The first-order chi connectivity index (χ1) is 9.65. The highest BCUT2D eigenvalue weighted by Crippen LogP contribution is 2.22. The Hall–Kier alpha value is -1.30. The smallest absolute Gasteiger partial charge is 0.229 e. The lowest BCUT2D eigenvalue weighted by atomic mass is 9.97. The van der Waals surface area contributed by atoms with Gasteiger partial charge in [-0.15, -0.1) is 12.4 Å². The normalized spacial score (nSPS) is 15.7. The summed E-state index contributed by atoms with van der Waals surface area (Å²) in [4.78, 5) is 16.7. The second-order valence-electron chi connectivity index (χ2n) is 5.14. The highest BCUT2D eigenvalue weighted by molar-refractivity contribution is 6.31. The first kappa shape index (κ1) is 16.1. The summed E-state index contributed by atoms with van der Waals surface area (Å²) in [6.45, 7) is 1.80. The van der Waals surface area contributed by atoms with Gasteiger partial charge in [0.15, 0.2) is 0 Å². The molecule has 1 aromatic heterocycles. The van der Waals surface area contributed by atoms with Gasteiger partial charge in [-0.1, -0.05) is 11.6 Å². The van der Waals surface area contributed by atoms with E-state index < -0.39 is 0 Å². The SMILES string of the molecule is Cl.Cn1c(NC(=O)C2CCNCC2)nc2cc(Cl)ccc21. The maximum atomic E-state index is 12.2. The molecule has 0 unspecified atom stereocenters. The highest BCUT2D eigenvalue weighted by Gasteiger charge is 2.22. The lowest BCUT2D eigenvalue weighted by Gasteiger charge is -2.21. The van der Waals surface area contributed by atoms with E-state index in [4.69, 9.17) is 11.6 Å². The molecule has 3 rings (SSSR count). The number of rotatable bonds is 2. The van der Waals surface area contributed by atoms with Crippen LogP contribution in [-0.4, -0.2) is 28.5 Å². The van der Waals surface area contributed by atoms with Gasteiger partial charge >= 0.3 is 0 Å². The van der Waals surface area contributed by atoms with Gasteiger partial charge in [-0.3, -0.25) is 10.1 Å². The quantitative estimate of drug-likeness (QED) is 0.890. The molecule has 1 aromatic carbocycles. The number of benzene rings is 1. The van der Waals surface area contributed by atoms with E-state index >= 15 is 0 Å². The monoisotopic (exact) mass is 328 g/mol. The third kappa shape index (κ3) is 3.31. The molecule has 2 N–H and O–H groups in total. The summed E-state index contributed by atoms with van der Waals surface area (Å²) in [5.74, 6) is 0.696. The Morgan fingerprint density at radius 2 is 2.14 bits per heavy atom. The van der Waals surface area contributed by atoms with Gasteiger partial charge in [0.2, 0.25) is 11.9 Å². The van der Waals surface area contributed by atoms with Crippen LogP contribution in [0.5, 0.6) is 0 Å². The fourth-order valence-electron chi connectivity index (χ4n) is 2.58. The van der Waals surface area contributed by atoms with Crippen LogP contribution in [0.4, 0.5) is 5.95 Å². The first-order valence-electron chi connectivity index (χ1n) is 6.79. The fraction of sp³-hybridized carbons (Fsp3) is 0.429. The maximum absolute atomic E-state index is 12.2.